The first-order valence-electron chi connectivity index (χ1n) is 4.93. The number of alkyl halides is 1. The lowest BCUT2D eigenvalue weighted by molar-refractivity contribution is 0.0600. The van der Waals surface area contributed by atoms with Crippen LogP contribution in [-0.4, -0.2) is 19.0 Å². The first kappa shape index (κ1) is 12.6. The topological polar surface area (TPSA) is 26.3 Å². The second-order valence-corrected chi connectivity index (χ2v) is 3.64. The van der Waals surface area contributed by atoms with E-state index in [4.69, 9.17) is 11.6 Å². The van der Waals surface area contributed by atoms with Crippen molar-refractivity contribution in [3.05, 3.63) is 34.9 Å². The molecule has 16 heavy (non-hydrogen) atoms. The van der Waals surface area contributed by atoms with Crippen LogP contribution < -0.4 is 0 Å². The van der Waals surface area contributed by atoms with Crippen LogP contribution in [-0.2, 0) is 4.74 Å². The van der Waals surface area contributed by atoms with Crippen LogP contribution in [0.4, 0.5) is 0 Å². The third-order valence-corrected chi connectivity index (χ3v) is 2.29. The van der Waals surface area contributed by atoms with Crippen molar-refractivity contribution >= 4 is 17.6 Å². The minimum Gasteiger partial charge on any atom is -0.465 e. The van der Waals surface area contributed by atoms with Crippen LogP contribution in [0.3, 0.4) is 0 Å². The summed E-state index contributed by atoms with van der Waals surface area (Å²) in [5, 5.41) is 0. The maximum atomic E-state index is 11.3. The van der Waals surface area contributed by atoms with Crippen LogP contribution in [0.1, 0.15) is 27.9 Å². The summed E-state index contributed by atoms with van der Waals surface area (Å²) in [5.41, 5.74) is 2.39. The first-order valence-corrected chi connectivity index (χ1v) is 5.46. The molecule has 0 spiro atoms. The zero-order valence-electron chi connectivity index (χ0n) is 9.34. The summed E-state index contributed by atoms with van der Waals surface area (Å²) >= 11 is 5.54. The molecule has 0 fully saturated rings. The standard InChI is InChI=1S/C13H13ClO2/c1-10-6-7-12(13(15)16-2)9-11(10)5-3-4-8-14/h6-7,9H,4,8H2,1-2H3. The summed E-state index contributed by atoms with van der Waals surface area (Å²) in [6.45, 7) is 1.95. The third kappa shape index (κ3) is 3.29. The zero-order valence-corrected chi connectivity index (χ0v) is 10.1. The summed E-state index contributed by atoms with van der Waals surface area (Å²) < 4.78 is 4.65. The number of rotatable bonds is 2. The number of ether oxygens (including phenoxy) is 1. The van der Waals surface area contributed by atoms with Crippen LogP contribution in [0.15, 0.2) is 18.2 Å². The van der Waals surface area contributed by atoms with Gasteiger partial charge in [-0.15, -0.1) is 11.6 Å². The smallest absolute Gasteiger partial charge is 0.337 e. The molecule has 0 aliphatic rings. The molecule has 1 rings (SSSR count). The molecule has 0 saturated carbocycles. The number of hydrogen-bond acceptors (Lipinski definition) is 2. The number of hydrogen-bond donors (Lipinski definition) is 0. The molecule has 1 aromatic rings. The fraction of sp³-hybridized carbons (Fsp3) is 0.308. The van der Waals surface area contributed by atoms with E-state index in [0.29, 0.717) is 17.9 Å². The van der Waals surface area contributed by atoms with Crippen LogP contribution in [0.2, 0.25) is 0 Å². The van der Waals surface area contributed by atoms with E-state index in [-0.39, 0.29) is 5.97 Å². The second kappa shape index (κ2) is 6.19. The van der Waals surface area contributed by atoms with Crippen LogP contribution in [0.25, 0.3) is 0 Å². The van der Waals surface area contributed by atoms with E-state index < -0.39 is 0 Å². The van der Waals surface area contributed by atoms with Gasteiger partial charge in [0.1, 0.15) is 0 Å². The van der Waals surface area contributed by atoms with E-state index in [9.17, 15) is 4.79 Å². The first-order chi connectivity index (χ1) is 7.69. The molecule has 0 bridgehead atoms. The molecule has 0 radical (unpaired) electrons. The van der Waals surface area contributed by atoms with Gasteiger partial charge in [-0.2, -0.15) is 0 Å². The molecule has 1 aromatic carbocycles. The monoisotopic (exact) mass is 236 g/mol. The maximum Gasteiger partial charge on any atom is 0.337 e. The number of carbonyl (C=O) groups is 1. The lowest BCUT2D eigenvalue weighted by Gasteiger charge is -2.02. The summed E-state index contributed by atoms with van der Waals surface area (Å²) in [4.78, 5) is 11.3. The Bertz CT molecular complexity index is 441. The fourth-order valence-corrected chi connectivity index (χ4v) is 1.30. The molecule has 3 heteroatoms. The highest BCUT2D eigenvalue weighted by Gasteiger charge is 2.06. The van der Waals surface area contributed by atoms with Crippen molar-refractivity contribution in [2.24, 2.45) is 0 Å². The van der Waals surface area contributed by atoms with Gasteiger partial charge in [0.2, 0.25) is 0 Å². The minimum absolute atomic E-state index is 0.347. The largest absolute Gasteiger partial charge is 0.465 e. The van der Waals surface area contributed by atoms with Crippen molar-refractivity contribution in [1.82, 2.24) is 0 Å². The van der Waals surface area contributed by atoms with Crippen LogP contribution >= 0.6 is 11.6 Å². The predicted octanol–water partition coefficient (Wildman–Crippen LogP) is 2.76. The maximum absolute atomic E-state index is 11.3. The van der Waals surface area contributed by atoms with Gasteiger partial charge in [0.05, 0.1) is 12.7 Å². The zero-order chi connectivity index (χ0) is 12.0. The highest BCUT2D eigenvalue weighted by Crippen LogP contribution is 2.11. The molecule has 0 atom stereocenters. The van der Waals surface area contributed by atoms with Crippen molar-refractivity contribution in [2.45, 2.75) is 13.3 Å². The van der Waals surface area contributed by atoms with Crippen molar-refractivity contribution < 1.29 is 9.53 Å². The highest BCUT2D eigenvalue weighted by molar-refractivity contribution is 6.18. The van der Waals surface area contributed by atoms with Crippen molar-refractivity contribution in [1.29, 1.82) is 0 Å². The lowest BCUT2D eigenvalue weighted by Crippen LogP contribution is -2.01. The lowest BCUT2D eigenvalue weighted by atomic mass is 10.1. The molecule has 0 saturated heterocycles. The highest BCUT2D eigenvalue weighted by atomic mass is 35.5. The number of carbonyl (C=O) groups excluding carboxylic acids is 1. The minimum atomic E-state index is -0.347. The van der Waals surface area contributed by atoms with E-state index in [0.717, 1.165) is 11.1 Å². The van der Waals surface area contributed by atoms with Gasteiger partial charge in [0.15, 0.2) is 0 Å². The molecule has 0 aliphatic carbocycles. The van der Waals surface area contributed by atoms with Gasteiger partial charge in [-0.3, -0.25) is 0 Å². The molecule has 0 amide bonds. The number of aryl methyl sites for hydroxylation is 1. The Balaban J connectivity index is 3.01. The van der Waals surface area contributed by atoms with Gasteiger partial charge in [-0.25, -0.2) is 4.79 Å². The van der Waals surface area contributed by atoms with Crippen molar-refractivity contribution in [3.8, 4) is 11.8 Å². The summed E-state index contributed by atoms with van der Waals surface area (Å²) in [6.07, 6.45) is 0.642. The summed E-state index contributed by atoms with van der Waals surface area (Å²) in [6, 6.07) is 5.33. The van der Waals surface area contributed by atoms with Crippen molar-refractivity contribution in [2.75, 3.05) is 13.0 Å². The molecule has 0 aromatic heterocycles. The molecule has 0 heterocycles. The number of halogens is 1. The van der Waals surface area contributed by atoms with E-state index in [1.54, 1.807) is 12.1 Å². The Morgan fingerprint density at radius 2 is 2.25 bits per heavy atom. The van der Waals surface area contributed by atoms with Crippen molar-refractivity contribution in [3.63, 3.8) is 0 Å². The van der Waals surface area contributed by atoms with E-state index in [1.807, 2.05) is 13.0 Å². The average Bonchev–Trinajstić information content (AvgIpc) is 2.31. The Kier molecular flexibility index (Phi) is 4.88. The van der Waals surface area contributed by atoms with Crippen LogP contribution in [0.5, 0.6) is 0 Å². The molecule has 2 nitrogen and oxygen atoms in total. The SMILES string of the molecule is COC(=O)c1ccc(C)c(C#CCCCl)c1. The molecular weight excluding hydrogens is 224 g/mol. The quantitative estimate of drug-likeness (QED) is 0.448. The average molecular weight is 237 g/mol. The third-order valence-electron chi connectivity index (χ3n) is 2.10. The Hall–Kier alpha value is -1.46. The van der Waals surface area contributed by atoms with Crippen LogP contribution in [0, 0.1) is 18.8 Å². The van der Waals surface area contributed by atoms with Gasteiger partial charge >= 0.3 is 5.97 Å². The fourth-order valence-electron chi connectivity index (χ4n) is 1.21. The van der Waals surface area contributed by atoms with Gasteiger partial charge in [-0.1, -0.05) is 17.9 Å². The number of benzene rings is 1. The second-order valence-electron chi connectivity index (χ2n) is 3.26. The molecule has 0 unspecified atom stereocenters. The van der Waals surface area contributed by atoms with Gasteiger partial charge in [0, 0.05) is 17.9 Å². The van der Waals surface area contributed by atoms with E-state index >= 15 is 0 Å². The van der Waals surface area contributed by atoms with E-state index in [2.05, 4.69) is 16.6 Å². The summed E-state index contributed by atoms with van der Waals surface area (Å²) in [5.74, 6) is 6.10. The molecular formula is C13H13ClO2. The Morgan fingerprint density at radius 1 is 1.50 bits per heavy atom. The Labute approximate surface area is 101 Å². The predicted molar refractivity (Wildman–Crippen MR) is 64.7 cm³/mol. The van der Waals surface area contributed by atoms with Gasteiger partial charge in [0.25, 0.3) is 0 Å². The molecule has 84 valence electrons. The number of methoxy groups -OCH3 is 1. The van der Waals surface area contributed by atoms with Gasteiger partial charge < -0.3 is 4.74 Å². The number of esters is 1. The summed E-state index contributed by atoms with van der Waals surface area (Å²) in [7, 11) is 1.36. The molecule has 0 N–H and O–H groups in total. The molecule has 0 aliphatic heterocycles. The van der Waals surface area contributed by atoms with Gasteiger partial charge in [-0.05, 0) is 24.6 Å². The normalized spacial score (nSPS) is 9.19. The Morgan fingerprint density at radius 3 is 2.88 bits per heavy atom. The van der Waals surface area contributed by atoms with E-state index in [1.165, 1.54) is 7.11 Å².